The first kappa shape index (κ1) is 29.8. The molecular weight excluding hydrogens is 539 g/mol. The maximum atomic E-state index is 14.2. The zero-order chi connectivity index (χ0) is 29.2. The summed E-state index contributed by atoms with van der Waals surface area (Å²) < 4.78 is 47.7. The second kappa shape index (κ2) is 13.9. The molecule has 1 saturated heterocycles. The highest BCUT2D eigenvalue weighted by Gasteiger charge is 2.46. The van der Waals surface area contributed by atoms with Crippen LogP contribution >= 0.6 is 0 Å². The molecule has 0 aliphatic carbocycles. The number of alkyl halides is 3. The van der Waals surface area contributed by atoms with Gasteiger partial charge in [-0.1, -0.05) is 91.0 Å². The van der Waals surface area contributed by atoms with Crippen LogP contribution in [-0.2, 0) is 38.6 Å². The van der Waals surface area contributed by atoms with Gasteiger partial charge in [0.25, 0.3) is 5.91 Å². The Morgan fingerprint density at radius 3 is 2.05 bits per heavy atom. The molecule has 0 saturated carbocycles. The summed E-state index contributed by atoms with van der Waals surface area (Å²) in [6.07, 6.45) is -6.88. The number of amides is 3. The molecule has 0 unspecified atom stereocenters. The van der Waals surface area contributed by atoms with Crippen molar-refractivity contribution in [1.82, 2.24) is 15.7 Å². The third kappa shape index (κ3) is 8.63. The Hall–Kier alpha value is -4.22. The third-order valence-corrected chi connectivity index (χ3v) is 6.57. The summed E-state index contributed by atoms with van der Waals surface area (Å²) in [5.74, 6) is -1.89. The molecule has 1 aliphatic heterocycles. The number of halogens is 3. The van der Waals surface area contributed by atoms with Crippen molar-refractivity contribution >= 4 is 17.9 Å². The van der Waals surface area contributed by atoms with E-state index >= 15 is 0 Å². The topological polar surface area (TPSA) is 97.0 Å². The highest BCUT2D eigenvalue weighted by Crippen LogP contribution is 2.26. The van der Waals surface area contributed by atoms with E-state index in [0.717, 1.165) is 16.0 Å². The van der Waals surface area contributed by atoms with Gasteiger partial charge in [-0.05, 0) is 29.5 Å². The van der Waals surface area contributed by atoms with Crippen molar-refractivity contribution in [3.05, 3.63) is 108 Å². The minimum absolute atomic E-state index is 0.00565. The van der Waals surface area contributed by atoms with Gasteiger partial charge in [0.15, 0.2) is 0 Å². The SMILES string of the molecule is O=C(NOCc1ccccc1)[C@H](Cc1ccccc1)N[C@H](CC(=O)N1C(=O)OC[C@@H]1Cc1ccccc1)C(F)(F)F. The summed E-state index contributed by atoms with van der Waals surface area (Å²) in [5, 5.41) is 2.31. The number of hydroxylamine groups is 1. The van der Waals surface area contributed by atoms with Crippen molar-refractivity contribution < 1.29 is 37.1 Å². The van der Waals surface area contributed by atoms with Crippen molar-refractivity contribution in [2.24, 2.45) is 0 Å². The molecule has 11 heteroatoms. The number of nitrogens with zero attached hydrogens (tertiary/aromatic N) is 1. The monoisotopic (exact) mass is 569 g/mol. The summed E-state index contributed by atoms with van der Waals surface area (Å²) in [6.45, 7) is -0.118. The van der Waals surface area contributed by atoms with E-state index in [2.05, 4.69) is 10.8 Å². The number of carbonyl (C=O) groups is 3. The van der Waals surface area contributed by atoms with Crippen molar-refractivity contribution in [1.29, 1.82) is 0 Å². The van der Waals surface area contributed by atoms with E-state index in [-0.39, 0.29) is 26.1 Å². The lowest BCUT2D eigenvalue weighted by Gasteiger charge is -2.28. The Morgan fingerprint density at radius 2 is 1.46 bits per heavy atom. The number of hydrogen-bond donors (Lipinski definition) is 2. The number of imide groups is 1. The molecule has 1 heterocycles. The van der Waals surface area contributed by atoms with E-state index in [1.807, 2.05) is 6.07 Å². The lowest BCUT2D eigenvalue weighted by atomic mass is 10.0. The average molecular weight is 570 g/mol. The largest absolute Gasteiger partial charge is 0.447 e. The van der Waals surface area contributed by atoms with Gasteiger partial charge in [0.1, 0.15) is 12.6 Å². The molecule has 1 aliphatic rings. The van der Waals surface area contributed by atoms with Gasteiger partial charge in [-0.3, -0.25) is 19.7 Å². The fourth-order valence-corrected chi connectivity index (χ4v) is 4.50. The molecule has 41 heavy (non-hydrogen) atoms. The van der Waals surface area contributed by atoms with Crippen molar-refractivity contribution in [3.63, 3.8) is 0 Å². The van der Waals surface area contributed by atoms with Crippen LogP contribution in [0, 0.1) is 0 Å². The number of carbonyl (C=O) groups excluding carboxylic acids is 3. The molecule has 0 spiro atoms. The summed E-state index contributed by atoms with van der Waals surface area (Å²) in [7, 11) is 0. The first-order chi connectivity index (χ1) is 19.7. The van der Waals surface area contributed by atoms with Crippen LogP contribution in [0.25, 0.3) is 0 Å². The van der Waals surface area contributed by atoms with Crippen LogP contribution in [0.5, 0.6) is 0 Å². The highest BCUT2D eigenvalue weighted by atomic mass is 19.4. The molecular formula is C30H30F3N3O5. The second-order valence-electron chi connectivity index (χ2n) is 9.63. The maximum Gasteiger partial charge on any atom is 0.416 e. The maximum absolute atomic E-state index is 14.2. The number of rotatable bonds is 12. The average Bonchev–Trinajstić information content (AvgIpc) is 3.32. The Bertz CT molecular complexity index is 1290. The number of benzene rings is 3. The lowest BCUT2D eigenvalue weighted by molar-refractivity contribution is -0.167. The fourth-order valence-electron chi connectivity index (χ4n) is 4.50. The summed E-state index contributed by atoms with van der Waals surface area (Å²) >= 11 is 0. The van der Waals surface area contributed by atoms with Gasteiger partial charge in [0.05, 0.1) is 25.1 Å². The molecule has 3 amide bonds. The molecule has 0 radical (unpaired) electrons. The first-order valence-electron chi connectivity index (χ1n) is 13.1. The quantitative estimate of drug-likeness (QED) is 0.315. The van der Waals surface area contributed by atoms with Crippen LogP contribution in [0.4, 0.5) is 18.0 Å². The Morgan fingerprint density at radius 1 is 0.902 bits per heavy atom. The van der Waals surface area contributed by atoms with E-state index in [0.29, 0.717) is 5.56 Å². The predicted octanol–water partition coefficient (Wildman–Crippen LogP) is 4.35. The molecule has 0 bridgehead atoms. The number of nitrogens with one attached hydrogen (secondary N) is 2. The van der Waals surface area contributed by atoms with E-state index in [9.17, 15) is 27.6 Å². The molecule has 3 aromatic rings. The molecule has 216 valence electrons. The summed E-state index contributed by atoms with van der Waals surface area (Å²) in [4.78, 5) is 44.5. The summed E-state index contributed by atoms with van der Waals surface area (Å²) in [5.41, 5.74) is 4.37. The van der Waals surface area contributed by atoms with Gasteiger partial charge in [-0.15, -0.1) is 0 Å². The normalized spacial score (nSPS) is 16.6. The summed E-state index contributed by atoms with van der Waals surface area (Å²) in [6, 6.07) is 21.8. The second-order valence-corrected chi connectivity index (χ2v) is 9.63. The van der Waals surface area contributed by atoms with Crippen molar-refractivity contribution in [3.8, 4) is 0 Å². The van der Waals surface area contributed by atoms with Gasteiger partial charge in [-0.2, -0.15) is 13.2 Å². The van der Waals surface area contributed by atoms with Gasteiger partial charge in [-0.25, -0.2) is 15.2 Å². The molecule has 3 atom stereocenters. The van der Waals surface area contributed by atoms with Crippen LogP contribution in [-0.4, -0.2) is 53.7 Å². The van der Waals surface area contributed by atoms with E-state index in [4.69, 9.17) is 9.57 Å². The van der Waals surface area contributed by atoms with Crippen LogP contribution in [0.2, 0.25) is 0 Å². The number of ether oxygens (including phenoxy) is 1. The van der Waals surface area contributed by atoms with Crippen LogP contribution in [0.15, 0.2) is 91.0 Å². The van der Waals surface area contributed by atoms with Crippen LogP contribution in [0.1, 0.15) is 23.1 Å². The fraction of sp³-hybridized carbons (Fsp3) is 0.300. The van der Waals surface area contributed by atoms with E-state index in [1.54, 1.807) is 84.9 Å². The van der Waals surface area contributed by atoms with Crippen LogP contribution < -0.4 is 10.8 Å². The lowest BCUT2D eigenvalue weighted by Crippen LogP contribution is -2.56. The molecule has 4 rings (SSSR count). The molecule has 2 N–H and O–H groups in total. The molecule has 0 aromatic heterocycles. The Labute approximate surface area is 235 Å². The first-order valence-corrected chi connectivity index (χ1v) is 13.1. The highest BCUT2D eigenvalue weighted by molar-refractivity contribution is 5.94. The van der Waals surface area contributed by atoms with Gasteiger partial charge in [0.2, 0.25) is 5.91 Å². The molecule has 1 fully saturated rings. The predicted molar refractivity (Wildman–Crippen MR) is 143 cm³/mol. The van der Waals surface area contributed by atoms with Gasteiger partial charge < -0.3 is 4.74 Å². The number of cyclic esters (lactones) is 1. The van der Waals surface area contributed by atoms with Crippen molar-refractivity contribution in [2.45, 2.75) is 50.2 Å². The molecule has 3 aromatic carbocycles. The number of hydrogen-bond acceptors (Lipinski definition) is 6. The molecule has 8 nitrogen and oxygen atoms in total. The van der Waals surface area contributed by atoms with Gasteiger partial charge in [0, 0.05) is 0 Å². The zero-order valence-corrected chi connectivity index (χ0v) is 22.1. The zero-order valence-electron chi connectivity index (χ0n) is 22.1. The van der Waals surface area contributed by atoms with E-state index < -0.39 is 48.6 Å². The minimum Gasteiger partial charge on any atom is -0.447 e. The van der Waals surface area contributed by atoms with Gasteiger partial charge >= 0.3 is 12.3 Å². The Kier molecular flexibility index (Phi) is 10.1. The van der Waals surface area contributed by atoms with Crippen LogP contribution in [0.3, 0.4) is 0 Å². The van der Waals surface area contributed by atoms with E-state index in [1.165, 1.54) is 0 Å². The standard InChI is InChI=1S/C30H30F3N3O5/c31-30(32,33)26(18-27(37)36-24(20-40-29(36)39)16-21-10-4-1-5-11-21)34-25(17-22-12-6-2-7-13-22)28(38)35-41-19-23-14-8-3-9-15-23/h1-15,24-26,34H,16-20H2,(H,35,38)/t24-,25-,26+/m0/s1. The smallest absolute Gasteiger partial charge is 0.416 e. The third-order valence-electron chi connectivity index (χ3n) is 6.57. The van der Waals surface area contributed by atoms with Crippen molar-refractivity contribution in [2.75, 3.05) is 6.61 Å². The Balaban J connectivity index is 1.47. The minimum atomic E-state index is -4.91.